The molecular weight excluding hydrogens is 585 g/mol. The van der Waals surface area contributed by atoms with Gasteiger partial charge in [-0.3, -0.25) is 13.9 Å². The third kappa shape index (κ3) is 7.58. The van der Waals surface area contributed by atoms with E-state index in [0.717, 1.165) is 21.9 Å². The first kappa shape index (κ1) is 31.7. The fourth-order valence-corrected chi connectivity index (χ4v) is 5.58. The molecule has 43 heavy (non-hydrogen) atoms. The number of nitrogens with zero attached hydrogens (tertiary/aromatic N) is 5. The first-order valence-electron chi connectivity index (χ1n) is 12.9. The van der Waals surface area contributed by atoms with Crippen LogP contribution in [0.5, 0.6) is 5.75 Å². The molecule has 1 aliphatic heterocycles. The third-order valence-corrected chi connectivity index (χ3v) is 7.98. The van der Waals surface area contributed by atoms with Crippen LogP contribution in [0.2, 0.25) is 0 Å². The molecule has 4 rings (SSSR count). The average Bonchev–Trinajstić information content (AvgIpc) is 3.22. The summed E-state index contributed by atoms with van der Waals surface area (Å²) in [5.41, 5.74) is 13.1. The molecule has 3 aromatic rings. The van der Waals surface area contributed by atoms with E-state index in [4.69, 9.17) is 24.3 Å². The number of carbonyl (C=O) groups is 1. The highest BCUT2D eigenvalue weighted by Gasteiger charge is 2.56. The van der Waals surface area contributed by atoms with Gasteiger partial charge in [-0.25, -0.2) is 9.36 Å². The molecule has 0 aliphatic carbocycles. The standard InChI is InChI=1S/C26H30N7O9P/c1-16-8-10-19(11-9-16)42-43(38,30-17(2)24(36)39-14-18-6-4-3-5-7-18)40-15-26(31-32-28)22(35)21(34)23(41-26)33-13-12-20(27)29-25(33)37/h3-13,17,21-23,34-35H,14-15H2,1-2H3,(H,30,38)(H2,27,29,37)/t17-,21+,22-,23+,26?,43?/m0/s1. The molecule has 1 saturated heterocycles. The van der Waals surface area contributed by atoms with Crippen LogP contribution in [-0.4, -0.2) is 56.3 Å². The number of aliphatic hydroxyl groups is 2. The van der Waals surface area contributed by atoms with Crippen molar-refractivity contribution in [2.24, 2.45) is 5.11 Å². The topological polar surface area (TPSA) is 233 Å². The van der Waals surface area contributed by atoms with Crippen molar-refractivity contribution in [2.75, 3.05) is 12.3 Å². The summed E-state index contributed by atoms with van der Waals surface area (Å²) in [6.45, 7) is 2.19. The molecule has 16 nitrogen and oxygen atoms in total. The number of nitrogen functional groups attached to an aromatic ring is 1. The molecule has 228 valence electrons. The fraction of sp³-hybridized carbons (Fsp3) is 0.346. The van der Waals surface area contributed by atoms with Crippen LogP contribution in [0.3, 0.4) is 0 Å². The van der Waals surface area contributed by atoms with Gasteiger partial charge in [0.25, 0.3) is 0 Å². The van der Waals surface area contributed by atoms with Crippen LogP contribution in [0.25, 0.3) is 10.4 Å². The highest BCUT2D eigenvalue weighted by molar-refractivity contribution is 7.52. The van der Waals surface area contributed by atoms with E-state index in [1.54, 1.807) is 36.4 Å². The molecule has 0 spiro atoms. The Labute approximate surface area is 245 Å². The van der Waals surface area contributed by atoms with Crippen molar-refractivity contribution in [2.45, 2.75) is 50.7 Å². The zero-order valence-electron chi connectivity index (χ0n) is 23.1. The summed E-state index contributed by atoms with van der Waals surface area (Å²) in [4.78, 5) is 31.3. The Morgan fingerprint density at radius 3 is 2.60 bits per heavy atom. The molecular formula is C26H30N7O9P. The Balaban J connectivity index is 1.57. The van der Waals surface area contributed by atoms with Crippen LogP contribution in [-0.2, 0) is 30.0 Å². The number of ether oxygens (including phenoxy) is 2. The SMILES string of the molecule is Cc1ccc(OP(=O)(N[C@@H](C)C(=O)OCc2ccccc2)OCC2(N=[N+]=[N-])O[C@@H](n3ccc(N)nc3=O)[C@H](O)[C@@H]2O)cc1. The maximum absolute atomic E-state index is 14.0. The molecule has 0 radical (unpaired) electrons. The minimum atomic E-state index is -4.54. The molecule has 5 N–H and O–H groups in total. The number of benzene rings is 2. The van der Waals surface area contributed by atoms with Gasteiger partial charge >= 0.3 is 19.4 Å². The molecule has 0 amide bonds. The second kappa shape index (κ2) is 13.4. The van der Waals surface area contributed by atoms with Crippen molar-refractivity contribution in [1.29, 1.82) is 0 Å². The molecule has 6 atom stereocenters. The second-order valence-corrected chi connectivity index (χ2v) is 11.3. The van der Waals surface area contributed by atoms with Gasteiger partial charge in [-0.15, -0.1) is 0 Å². The lowest BCUT2D eigenvalue weighted by atomic mass is 10.1. The van der Waals surface area contributed by atoms with Gasteiger partial charge in [0.2, 0.25) is 5.72 Å². The largest absolute Gasteiger partial charge is 0.460 e. The highest BCUT2D eigenvalue weighted by Crippen LogP contribution is 2.48. The number of nitrogens with one attached hydrogen (secondary N) is 1. The van der Waals surface area contributed by atoms with E-state index in [2.05, 4.69) is 20.1 Å². The molecule has 1 aliphatic rings. The van der Waals surface area contributed by atoms with E-state index in [-0.39, 0.29) is 18.2 Å². The summed E-state index contributed by atoms with van der Waals surface area (Å²) in [5.74, 6) is -0.794. The number of aliphatic hydroxyl groups excluding tert-OH is 2. The highest BCUT2D eigenvalue weighted by atomic mass is 31.2. The number of nitrogens with two attached hydrogens (primary N) is 1. The second-order valence-electron chi connectivity index (χ2n) is 9.64. The van der Waals surface area contributed by atoms with Gasteiger partial charge in [0, 0.05) is 11.1 Å². The van der Waals surface area contributed by atoms with E-state index >= 15 is 0 Å². The van der Waals surface area contributed by atoms with Crippen LogP contribution >= 0.6 is 7.75 Å². The van der Waals surface area contributed by atoms with Crippen LogP contribution in [0.1, 0.15) is 24.3 Å². The molecule has 1 aromatic heterocycles. The zero-order valence-corrected chi connectivity index (χ0v) is 24.0. The van der Waals surface area contributed by atoms with E-state index < -0.39 is 56.2 Å². The molecule has 2 heterocycles. The molecule has 2 aromatic carbocycles. The lowest BCUT2D eigenvalue weighted by Gasteiger charge is -2.29. The van der Waals surface area contributed by atoms with Gasteiger partial charge < -0.3 is 29.9 Å². The quantitative estimate of drug-likeness (QED) is 0.0755. The van der Waals surface area contributed by atoms with Gasteiger partial charge in [-0.2, -0.15) is 10.1 Å². The number of esters is 1. The van der Waals surface area contributed by atoms with Gasteiger partial charge in [-0.1, -0.05) is 53.1 Å². The van der Waals surface area contributed by atoms with E-state index in [0.29, 0.717) is 0 Å². The molecule has 0 bridgehead atoms. The number of aromatic nitrogens is 2. The summed E-state index contributed by atoms with van der Waals surface area (Å²) in [5, 5.41) is 27.6. The van der Waals surface area contributed by atoms with Crippen LogP contribution in [0.15, 0.2) is 76.8 Å². The maximum Gasteiger partial charge on any atom is 0.459 e. The minimum Gasteiger partial charge on any atom is -0.460 e. The van der Waals surface area contributed by atoms with Gasteiger partial charge in [0.15, 0.2) is 6.23 Å². The van der Waals surface area contributed by atoms with Crippen molar-refractivity contribution in [3.8, 4) is 5.75 Å². The molecule has 1 fully saturated rings. The summed E-state index contributed by atoms with van der Waals surface area (Å²) in [6, 6.07) is 15.3. The lowest BCUT2D eigenvalue weighted by Crippen LogP contribution is -2.45. The minimum absolute atomic E-state index is 0.0473. The van der Waals surface area contributed by atoms with Crippen molar-refractivity contribution in [1.82, 2.24) is 14.6 Å². The Bertz CT molecular complexity index is 1580. The zero-order chi connectivity index (χ0) is 31.2. The number of rotatable bonds is 12. The summed E-state index contributed by atoms with van der Waals surface area (Å²) >= 11 is 0. The normalized spacial score (nSPS) is 23.5. The van der Waals surface area contributed by atoms with Crippen molar-refractivity contribution >= 4 is 19.5 Å². The number of hydrogen-bond acceptors (Lipinski definition) is 12. The first-order valence-corrected chi connectivity index (χ1v) is 14.4. The predicted molar refractivity (Wildman–Crippen MR) is 151 cm³/mol. The monoisotopic (exact) mass is 615 g/mol. The number of hydrogen-bond donors (Lipinski definition) is 4. The summed E-state index contributed by atoms with van der Waals surface area (Å²) in [7, 11) is -4.54. The molecule has 17 heteroatoms. The number of aryl methyl sites for hydroxylation is 1. The molecule has 0 saturated carbocycles. The van der Waals surface area contributed by atoms with Gasteiger partial charge in [-0.05, 0) is 43.1 Å². The predicted octanol–water partition coefficient (Wildman–Crippen LogP) is 2.32. The first-order chi connectivity index (χ1) is 20.4. The van der Waals surface area contributed by atoms with Gasteiger partial charge in [0.1, 0.15) is 36.4 Å². The summed E-state index contributed by atoms with van der Waals surface area (Å²) < 4.78 is 37.0. The Kier molecular flexibility index (Phi) is 9.84. The molecule has 2 unspecified atom stereocenters. The maximum atomic E-state index is 14.0. The Hall–Kier alpha value is -4.27. The Morgan fingerprint density at radius 2 is 1.95 bits per heavy atom. The van der Waals surface area contributed by atoms with E-state index in [1.807, 2.05) is 13.0 Å². The smallest absolute Gasteiger partial charge is 0.459 e. The van der Waals surface area contributed by atoms with Crippen molar-refractivity contribution in [3.63, 3.8) is 0 Å². The van der Waals surface area contributed by atoms with E-state index in [9.17, 15) is 29.9 Å². The number of azide groups is 1. The van der Waals surface area contributed by atoms with Crippen LogP contribution in [0, 0.1) is 6.92 Å². The number of carbonyl (C=O) groups excluding carboxylic acids is 1. The van der Waals surface area contributed by atoms with E-state index in [1.165, 1.54) is 25.1 Å². The van der Waals surface area contributed by atoms with Gasteiger partial charge in [0.05, 0.1) is 6.61 Å². The average molecular weight is 616 g/mol. The van der Waals surface area contributed by atoms with Crippen LogP contribution < -0.4 is 21.0 Å². The summed E-state index contributed by atoms with van der Waals surface area (Å²) in [6.07, 6.45) is -4.23. The van der Waals surface area contributed by atoms with Crippen LogP contribution in [0.4, 0.5) is 5.82 Å². The number of anilines is 1. The fourth-order valence-electron chi connectivity index (χ4n) is 4.07. The lowest BCUT2D eigenvalue weighted by molar-refractivity contribution is -0.146. The third-order valence-electron chi connectivity index (χ3n) is 6.36. The van der Waals surface area contributed by atoms with Crippen molar-refractivity contribution in [3.05, 3.63) is 98.9 Å². The van der Waals surface area contributed by atoms with Crippen molar-refractivity contribution < 1.29 is 38.1 Å². The Morgan fingerprint density at radius 1 is 1.26 bits per heavy atom.